The van der Waals surface area contributed by atoms with Crippen LogP contribution in [0, 0.1) is 0 Å². The van der Waals surface area contributed by atoms with Gasteiger partial charge in [0.2, 0.25) is 5.91 Å². The van der Waals surface area contributed by atoms with E-state index in [9.17, 15) is 9.59 Å². The number of hydrogen-bond donors (Lipinski definition) is 4. The normalized spacial score (nSPS) is 16.2. The molecule has 2 aliphatic rings. The molecule has 0 saturated carbocycles. The lowest BCUT2D eigenvalue weighted by Gasteiger charge is -2.24. The van der Waals surface area contributed by atoms with E-state index in [1.165, 1.54) is 24.6 Å². The molecule has 1 aliphatic carbocycles. The first-order valence-corrected chi connectivity index (χ1v) is 8.22. The highest BCUT2D eigenvalue weighted by molar-refractivity contribution is 6.06. The molecule has 7 nitrogen and oxygen atoms in total. The molecular formula is C17H19N5O2. The summed E-state index contributed by atoms with van der Waals surface area (Å²) in [6, 6.07) is 3.64. The van der Waals surface area contributed by atoms with Crippen LogP contribution in [-0.2, 0) is 4.79 Å². The predicted molar refractivity (Wildman–Crippen MR) is 93.4 cm³/mol. The van der Waals surface area contributed by atoms with Gasteiger partial charge in [-0.3, -0.25) is 20.4 Å². The molecule has 0 spiro atoms. The molecule has 0 saturated heterocycles. The lowest BCUT2D eigenvalue weighted by molar-refractivity contribution is -0.118. The zero-order chi connectivity index (χ0) is 16.7. The topological polar surface area (TPSA) is 98.9 Å². The molecule has 1 amide bonds. The van der Waals surface area contributed by atoms with Crippen molar-refractivity contribution in [2.45, 2.75) is 39.0 Å². The van der Waals surface area contributed by atoms with Gasteiger partial charge in [0, 0.05) is 18.0 Å². The Morgan fingerprint density at radius 1 is 1.21 bits per heavy atom. The van der Waals surface area contributed by atoms with Crippen LogP contribution in [0.3, 0.4) is 0 Å². The number of carbonyl (C=O) groups is 1. The standard InChI is InChI=1S/C17H19N5O2/c1-9(23)19-20-10-7-12-15-14(8-10)18-13-6-4-2-3-5-11(13)16(15)21-22-17(12)24/h7-8,18,20H,2-6H2,1H3,(H,19,23)(H,22,24). The Labute approximate surface area is 138 Å². The number of nitrogens with one attached hydrogen (secondary N) is 4. The van der Waals surface area contributed by atoms with Gasteiger partial charge in [-0.25, -0.2) is 5.10 Å². The van der Waals surface area contributed by atoms with E-state index >= 15 is 0 Å². The van der Waals surface area contributed by atoms with Crippen molar-refractivity contribution in [1.82, 2.24) is 15.6 Å². The van der Waals surface area contributed by atoms with Gasteiger partial charge >= 0.3 is 0 Å². The average molecular weight is 325 g/mol. The largest absolute Gasteiger partial charge is 0.358 e. The van der Waals surface area contributed by atoms with Crippen LogP contribution in [0.25, 0.3) is 16.3 Å². The van der Waals surface area contributed by atoms with Crippen molar-refractivity contribution < 1.29 is 4.79 Å². The fraction of sp³-hybridized carbons (Fsp3) is 0.353. The van der Waals surface area contributed by atoms with E-state index in [4.69, 9.17) is 0 Å². The quantitative estimate of drug-likeness (QED) is 0.636. The number of nitrogens with zero attached hydrogens (tertiary/aromatic N) is 1. The molecular weight excluding hydrogens is 306 g/mol. The number of hydrazine groups is 1. The highest BCUT2D eigenvalue weighted by Gasteiger charge is 2.25. The highest BCUT2D eigenvalue weighted by Crippen LogP contribution is 2.41. The summed E-state index contributed by atoms with van der Waals surface area (Å²) in [6.45, 7) is 1.42. The van der Waals surface area contributed by atoms with Crippen LogP contribution in [0.2, 0.25) is 0 Å². The molecule has 4 N–H and O–H groups in total. The Balaban J connectivity index is 1.89. The van der Waals surface area contributed by atoms with Gasteiger partial charge in [0.25, 0.3) is 5.56 Å². The number of allylic oxidation sites excluding steroid dienone is 2. The lowest BCUT2D eigenvalue weighted by Crippen LogP contribution is -2.27. The Kier molecular flexibility index (Phi) is 3.48. The molecule has 7 heteroatoms. The van der Waals surface area contributed by atoms with E-state index in [1.807, 2.05) is 6.07 Å². The van der Waals surface area contributed by atoms with Crippen LogP contribution >= 0.6 is 0 Å². The summed E-state index contributed by atoms with van der Waals surface area (Å²) in [5.41, 5.74) is 9.93. The van der Waals surface area contributed by atoms with Crippen molar-refractivity contribution in [3.8, 4) is 0 Å². The molecule has 0 radical (unpaired) electrons. The zero-order valence-electron chi connectivity index (χ0n) is 13.5. The second kappa shape index (κ2) is 5.67. The number of benzene rings is 1. The number of hydrogen-bond acceptors (Lipinski definition) is 5. The molecule has 0 atom stereocenters. The first-order chi connectivity index (χ1) is 11.6. The van der Waals surface area contributed by atoms with Gasteiger partial charge < -0.3 is 5.32 Å². The lowest BCUT2D eigenvalue weighted by atomic mass is 9.95. The Morgan fingerprint density at radius 3 is 2.88 bits per heavy atom. The molecule has 24 heavy (non-hydrogen) atoms. The summed E-state index contributed by atoms with van der Waals surface area (Å²) in [6.07, 6.45) is 5.45. The van der Waals surface area contributed by atoms with E-state index in [1.54, 1.807) is 6.07 Å². The maximum absolute atomic E-state index is 12.3. The van der Waals surface area contributed by atoms with Gasteiger partial charge in [-0.2, -0.15) is 5.10 Å². The van der Waals surface area contributed by atoms with Crippen LogP contribution in [-0.4, -0.2) is 16.1 Å². The van der Waals surface area contributed by atoms with Gasteiger partial charge in [-0.1, -0.05) is 6.42 Å². The monoisotopic (exact) mass is 325 g/mol. The fourth-order valence-electron chi connectivity index (χ4n) is 3.49. The van der Waals surface area contributed by atoms with E-state index in [-0.39, 0.29) is 11.5 Å². The van der Waals surface area contributed by atoms with Crippen molar-refractivity contribution in [3.05, 3.63) is 33.9 Å². The Hall–Kier alpha value is -2.83. The summed E-state index contributed by atoms with van der Waals surface area (Å²) in [5, 5.41) is 11.9. The van der Waals surface area contributed by atoms with Gasteiger partial charge in [0.15, 0.2) is 0 Å². The smallest absolute Gasteiger partial charge is 0.272 e. The van der Waals surface area contributed by atoms with Crippen molar-refractivity contribution >= 4 is 33.6 Å². The molecule has 0 unspecified atom stereocenters. The SMILES string of the molecule is CC(=O)NNc1cc2c3c(n[nH]c(=O)c3c1)C1=C(CCCCC1)N2. The number of anilines is 2. The highest BCUT2D eigenvalue weighted by atomic mass is 16.2. The van der Waals surface area contributed by atoms with Crippen LogP contribution in [0.1, 0.15) is 44.7 Å². The number of aromatic nitrogens is 2. The van der Waals surface area contributed by atoms with Crippen LogP contribution in [0.5, 0.6) is 0 Å². The van der Waals surface area contributed by atoms with E-state index in [0.29, 0.717) is 11.1 Å². The minimum atomic E-state index is -0.235. The van der Waals surface area contributed by atoms with Crippen molar-refractivity contribution in [1.29, 1.82) is 0 Å². The van der Waals surface area contributed by atoms with Crippen molar-refractivity contribution in [3.63, 3.8) is 0 Å². The number of amides is 1. The molecule has 4 rings (SSSR count). The Bertz CT molecular complexity index is 928. The minimum absolute atomic E-state index is 0.199. The summed E-state index contributed by atoms with van der Waals surface area (Å²) in [4.78, 5) is 23.4. The molecule has 124 valence electrons. The number of H-pyrrole nitrogens is 1. The third-order valence-corrected chi connectivity index (χ3v) is 4.56. The maximum Gasteiger partial charge on any atom is 0.272 e. The van der Waals surface area contributed by atoms with Gasteiger partial charge in [0.05, 0.1) is 22.5 Å². The minimum Gasteiger partial charge on any atom is -0.358 e. The third kappa shape index (κ3) is 2.42. The molecule has 0 fully saturated rings. The number of fused-ring (bicyclic) bond motifs is 1. The van der Waals surface area contributed by atoms with E-state index in [2.05, 4.69) is 26.4 Å². The maximum atomic E-state index is 12.3. The molecule has 1 aromatic carbocycles. The molecule has 1 aromatic heterocycles. The molecule has 0 bridgehead atoms. The van der Waals surface area contributed by atoms with Crippen LogP contribution < -0.4 is 21.7 Å². The molecule has 2 aromatic rings. The summed E-state index contributed by atoms with van der Waals surface area (Å²) >= 11 is 0. The van der Waals surface area contributed by atoms with Crippen molar-refractivity contribution in [2.24, 2.45) is 0 Å². The second-order valence-electron chi connectivity index (χ2n) is 6.30. The molecule has 2 heterocycles. The molecule has 1 aliphatic heterocycles. The average Bonchev–Trinajstić information content (AvgIpc) is 2.80. The summed E-state index contributed by atoms with van der Waals surface area (Å²) in [7, 11) is 0. The summed E-state index contributed by atoms with van der Waals surface area (Å²) < 4.78 is 0. The summed E-state index contributed by atoms with van der Waals surface area (Å²) in [5.74, 6) is -0.199. The zero-order valence-corrected chi connectivity index (χ0v) is 13.5. The van der Waals surface area contributed by atoms with Crippen LogP contribution in [0.4, 0.5) is 11.4 Å². The number of carbonyl (C=O) groups excluding carboxylic acids is 1. The number of aromatic amines is 1. The fourth-order valence-corrected chi connectivity index (χ4v) is 3.49. The first-order valence-electron chi connectivity index (χ1n) is 8.22. The predicted octanol–water partition coefficient (Wildman–Crippen LogP) is 2.49. The first kappa shape index (κ1) is 14.7. The van der Waals surface area contributed by atoms with Crippen molar-refractivity contribution in [2.75, 3.05) is 10.7 Å². The third-order valence-electron chi connectivity index (χ3n) is 4.56. The van der Waals surface area contributed by atoms with Gasteiger partial charge in [-0.05, 0) is 43.4 Å². The van der Waals surface area contributed by atoms with Gasteiger partial charge in [-0.15, -0.1) is 0 Å². The van der Waals surface area contributed by atoms with E-state index < -0.39 is 0 Å². The van der Waals surface area contributed by atoms with Gasteiger partial charge in [0.1, 0.15) is 0 Å². The van der Waals surface area contributed by atoms with Crippen LogP contribution in [0.15, 0.2) is 22.6 Å². The second-order valence-corrected chi connectivity index (χ2v) is 6.30. The van der Waals surface area contributed by atoms with E-state index in [0.717, 1.165) is 42.5 Å². The number of rotatable bonds is 2. The Morgan fingerprint density at radius 2 is 2.04 bits per heavy atom.